The van der Waals surface area contributed by atoms with Crippen molar-refractivity contribution in [3.05, 3.63) is 82.6 Å². The molecule has 0 bridgehead atoms. The van der Waals surface area contributed by atoms with Gasteiger partial charge < -0.3 is 14.5 Å². The summed E-state index contributed by atoms with van der Waals surface area (Å²) in [4.78, 5) is 18.1. The van der Waals surface area contributed by atoms with E-state index in [1.807, 2.05) is 73.4 Å². The lowest BCUT2D eigenvalue weighted by atomic mass is 10.1. The summed E-state index contributed by atoms with van der Waals surface area (Å²) in [5, 5.41) is 1.16. The molecule has 2 aromatic heterocycles. The summed E-state index contributed by atoms with van der Waals surface area (Å²) in [7, 11) is 3.77. The molecule has 0 saturated carbocycles. The van der Waals surface area contributed by atoms with Crippen LogP contribution in [0.5, 0.6) is 0 Å². The van der Waals surface area contributed by atoms with Crippen LogP contribution in [0.25, 0.3) is 22.2 Å². The first-order valence-electron chi connectivity index (χ1n) is 8.77. The van der Waals surface area contributed by atoms with E-state index in [2.05, 4.69) is 33.0 Å². The molecule has 4 rings (SSSR count). The van der Waals surface area contributed by atoms with Crippen molar-refractivity contribution >= 4 is 32.7 Å². The van der Waals surface area contributed by atoms with Crippen molar-refractivity contribution in [1.82, 2.24) is 14.5 Å². The van der Waals surface area contributed by atoms with Crippen LogP contribution in [0.2, 0.25) is 0 Å². The van der Waals surface area contributed by atoms with Gasteiger partial charge in [-0.05, 0) is 35.2 Å². The number of hydrogen-bond donors (Lipinski definition) is 1. The van der Waals surface area contributed by atoms with Gasteiger partial charge in [-0.3, -0.25) is 4.79 Å². The SMILES string of the molecule is CN(Cc1cccc2cc[nH]c12)C(=O)c1ccc(-c2ccccc2Br)n1C. The fourth-order valence-electron chi connectivity index (χ4n) is 3.47. The van der Waals surface area contributed by atoms with Crippen molar-refractivity contribution in [1.29, 1.82) is 0 Å². The quantitative estimate of drug-likeness (QED) is 0.482. The van der Waals surface area contributed by atoms with Crippen LogP contribution in [-0.2, 0) is 13.6 Å². The second-order valence-corrected chi connectivity index (χ2v) is 7.52. The number of amides is 1. The summed E-state index contributed by atoms with van der Waals surface area (Å²) in [6.45, 7) is 0.548. The van der Waals surface area contributed by atoms with Crippen LogP contribution in [0.1, 0.15) is 16.1 Å². The molecular formula is C22H20BrN3O. The lowest BCUT2D eigenvalue weighted by molar-refractivity contribution is 0.0776. The van der Waals surface area contributed by atoms with E-state index < -0.39 is 0 Å². The van der Waals surface area contributed by atoms with Crippen LogP contribution < -0.4 is 0 Å². The lowest BCUT2D eigenvalue weighted by Gasteiger charge is -2.19. The second kappa shape index (κ2) is 7.08. The molecule has 27 heavy (non-hydrogen) atoms. The Kier molecular flexibility index (Phi) is 4.62. The summed E-state index contributed by atoms with van der Waals surface area (Å²) in [6, 6.07) is 20.1. The molecule has 0 radical (unpaired) electrons. The van der Waals surface area contributed by atoms with Crippen LogP contribution in [0.4, 0.5) is 0 Å². The van der Waals surface area contributed by atoms with Gasteiger partial charge in [0.1, 0.15) is 5.69 Å². The van der Waals surface area contributed by atoms with Gasteiger partial charge in [-0.25, -0.2) is 0 Å². The van der Waals surface area contributed by atoms with E-state index in [0.717, 1.165) is 32.2 Å². The standard InChI is InChI=1S/C22H20BrN3O/c1-25(14-16-7-5-6-15-12-13-24-21(15)16)22(27)20-11-10-19(26(20)2)17-8-3-4-9-18(17)23/h3-13,24H,14H2,1-2H3. The highest BCUT2D eigenvalue weighted by Crippen LogP contribution is 2.29. The van der Waals surface area contributed by atoms with Crippen molar-refractivity contribution in [2.75, 3.05) is 7.05 Å². The molecule has 0 atom stereocenters. The molecule has 1 amide bonds. The number of H-pyrrole nitrogens is 1. The van der Waals surface area contributed by atoms with Crippen molar-refractivity contribution in [2.24, 2.45) is 7.05 Å². The van der Waals surface area contributed by atoms with Gasteiger partial charge in [-0.15, -0.1) is 0 Å². The van der Waals surface area contributed by atoms with Gasteiger partial charge in [0.05, 0.1) is 5.52 Å². The number of aromatic nitrogens is 2. The Labute approximate surface area is 166 Å². The maximum absolute atomic E-state index is 13.1. The molecule has 1 N–H and O–H groups in total. The Morgan fingerprint density at radius 3 is 2.70 bits per heavy atom. The van der Waals surface area contributed by atoms with Gasteiger partial charge in [0.25, 0.3) is 5.91 Å². The number of hydrogen-bond acceptors (Lipinski definition) is 1. The Morgan fingerprint density at radius 1 is 1.07 bits per heavy atom. The molecule has 2 heterocycles. The van der Waals surface area contributed by atoms with E-state index in [9.17, 15) is 4.79 Å². The number of aromatic amines is 1. The second-order valence-electron chi connectivity index (χ2n) is 6.66. The number of para-hydroxylation sites is 1. The average molecular weight is 422 g/mol. The Morgan fingerprint density at radius 2 is 1.89 bits per heavy atom. The minimum absolute atomic E-state index is 0.000590. The normalized spacial score (nSPS) is 11.1. The number of benzene rings is 2. The third kappa shape index (κ3) is 3.19. The monoisotopic (exact) mass is 421 g/mol. The molecule has 5 heteroatoms. The zero-order valence-electron chi connectivity index (χ0n) is 15.2. The molecule has 4 nitrogen and oxygen atoms in total. The molecule has 0 spiro atoms. The van der Waals surface area contributed by atoms with Gasteiger partial charge >= 0.3 is 0 Å². The van der Waals surface area contributed by atoms with Crippen molar-refractivity contribution < 1.29 is 4.79 Å². The summed E-state index contributed by atoms with van der Waals surface area (Å²) < 4.78 is 2.96. The summed E-state index contributed by atoms with van der Waals surface area (Å²) >= 11 is 3.59. The molecule has 0 aliphatic rings. The highest BCUT2D eigenvalue weighted by molar-refractivity contribution is 9.10. The van der Waals surface area contributed by atoms with Gasteiger partial charge in [0, 0.05) is 42.6 Å². The average Bonchev–Trinajstić information content (AvgIpc) is 3.29. The summed E-state index contributed by atoms with van der Waals surface area (Å²) in [6.07, 6.45) is 1.93. The zero-order valence-corrected chi connectivity index (χ0v) is 16.8. The predicted molar refractivity (Wildman–Crippen MR) is 113 cm³/mol. The lowest BCUT2D eigenvalue weighted by Crippen LogP contribution is -2.28. The first-order chi connectivity index (χ1) is 13.1. The summed E-state index contributed by atoms with van der Waals surface area (Å²) in [5.74, 6) is -0.000590. The largest absolute Gasteiger partial charge is 0.361 e. The van der Waals surface area contributed by atoms with E-state index in [4.69, 9.17) is 0 Å². The van der Waals surface area contributed by atoms with E-state index in [1.165, 1.54) is 0 Å². The van der Waals surface area contributed by atoms with Crippen LogP contribution >= 0.6 is 15.9 Å². The zero-order chi connectivity index (χ0) is 19.0. The van der Waals surface area contributed by atoms with E-state index in [1.54, 1.807) is 4.90 Å². The van der Waals surface area contributed by atoms with E-state index in [0.29, 0.717) is 12.2 Å². The number of fused-ring (bicyclic) bond motifs is 1. The van der Waals surface area contributed by atoms with Gasteiger partial charge in [0.15, 0.2) is 0 Å². The van der Waals surface area contributed by atoms with Crippen LogP contribution in [0.3, 0.4) is 0 Å². The van der Waals surface area contributed by atoms with Crippen LogP contribution in [0, 0.1) is 0 Å². The number of carbonyl (C=O) groups is 1. The topological polar surface area (TPSA) is 41.0 Å². The molecule has 4 aromatic rings. The molecule has 0 aliphatic heterocycles. The fourth-order valence-corrected chi connectivity index (χ4v) is 3.96. The fraction of sp³-hybridized carbons (Fsp3) is 0.136. The van der Waals surface area contributed by atoms with Crippen molar-refractivity contribution in [3.63, 3.8) is 0 Å². The molecule has 0 saturated heterocycles. The molecular weight excluding hydrogens is 402 g/mol. The molecule has 0 fully saturated rings. The van der Waals surface area contributed by atoms with Gasteiger partial charge in [-0.2, -0.15) is 0 Å². The highest BCUT2D eigenvalue weighted by atomic mass is 79.9. The minimum Gasteiger partial charge on any atom is -0.361 e. The van der Waals surface area contributed by atoms with Gasteiger partial charge in [0.2, 0.25) is 0 Å². The number of nitrogens with one attached hydrogen (secondary N) is 1. The Balaban J connectivity index is 1.61. The van der Waals surface area contributed by atoms with E-state index in [-0.39, 0.29) is 5.91 Å². The Hall–Kier alpha value is -2.79. The van der Waals surface area contributed by atoms with Gasteiger partial charge in [-0.1, -0.05) is 52.3 Å². The number of rotatable bonds is 4. The molecule has 0 unspecified atom stereocenters. The smallest absolute Gasteiger partial charge is 0.270 e. The van der Waals surface area contributed by atoms with Crippen LogP contribution in [-0.4, -0.2) is 27.4 Å². The number of carbonyl (C=O) groups excluding carboxylic acids is 1. The van der Waals surface area contributed by atoms with Crippen LogP contribution in [0.15, 0.2) is 71.3 Å². The summed E-state index contributed by atoms with van der Waals surface area (Å²) in [5.41, 5.74) is 4.93. The first-order valence-corrected chi connectivity index (χ1v) is 9.56. The molecule has 136 valence electrons. The van der Waals surface area contributed by atoms with Crippen molar-refractivity contribution in [3.8, 4) is 11.3 Å². The number of halogens is 1. The van der Waals surface area contributed by atoms with Crippen molar-refractivity contribution in [2.45, 2.75) is 6.54 Å². The maximum atomic E-state index is 13.1. The minimum atomic E-state index is -0.000590. The highest BCUT2D eigenvalue weighted by Gasteiger charge is 2.19. The Bertz CT molecular complexity index is 1130. The number of nitrogens with zero attached hydrogens (tertiary/aromatic N) is 2. The predicted octanol–water partition coefficient (Wildman–Crippen LogP) is 5.21. The third-order valence-corrected chi connectivity index (χ3v) is 5.61. The third-order valence-electron chi connectivity index (χ3n) is 4.92. The van der Waals surface area contributed by atoms with E-state index >= 15 is 0 Å². The maximum Gasteiger partial charge on any atom is 0.270 e. The first kappa shape index (κ1) is 17.6. The molecule has 2 aromatic carbocycles. The molecule has 0 aliphatic carbocycles.